The predicted molar refractivity (Wildman–Crippen MR) is 256 cm³/mol. The summed E-state index contributed by atoms with van der Waals surface area (Å²) in [5.41, 5.74) is 6.26. The van der Waals surface area contributed by atoms with Crippen LogP contribution in [-0.2, 0) is 22.4 Å². The molecule has 2 aliphatic heterocycles. The molecule has 4 atom stereocenters. The molecule has 8 rings (SSSR count). The number of fused-ring (bicyclic) bond motifs is 2. The predicted octanol–water partition coefficient (Wildman–Crippen LogP) is 6.98. The van der Waals surface area contributed by atoms with Crippen molar-refractivity contribution >= 4 is 41.1 Å². The van der Waals surface area contributed by atoms with Crippen molar-refractivity contribution in [2.75, 3.05) is 29.9 Å². The molecular formula is C52H62N8O6. The molecule has 0 unspecified atom stereocenters. The number of urea groups is 1. The number of rotatable bonds is 16. The second kappa shape index (κ2) is 21.9. The molecule has 0 bridgehead atoms. The van der Waals surface area contributed by atoms with Gasteiger partial charge in [-0.2, -0.15) is 0 Å². The van der Waals surface area contributed by atoms with Crippen LogP contribution in [0, 0.1) is 26.7 Å². The van der Waals surface area contributed by atoms with E-state index in [2.05, 4.69) is 36.1 Å². The molecule has 3 aromatic carbocycles. The topological polar surface area (TPSA) is 178 Å². The molecular weight excluding hydrogens is 833 g/mol. The molecule has 2 fully saturated rings. The minimum atomic E-state index is -0.992. The summed E-state index contributed by atoms with van der Waals surface area (Å²) in [6.45, 7) is 10.6. The lowest BCUT2D eigenvalue weighted by atomic mass is 9.92. The number of aryl methyl sites for hydroxylation is 3. The van der Waals surface area contributed by atoms with Crippen LogP contribution in [0.5, 0.6) is 5.75 Å². The van der Waals surface area contributed by atoms with E-state index in [-0.39, 0.29) is 42.7 Å². The fraction of sp³-hybridized carbons (Fsp3) is 0.385. The number of carbonyl (C=O) groups excluding carboxylic acids is 4. The number of hydrogen-bond acceptors (Lipinski definition) is 9. The number of carbonyl (C=O) groups is 4. The lowest BCUT2D eigenvalue weighted by Crippen LogP contribution is -2.59. The first-order valence-corrected chi connectivity index (χ1v) is 23.0. The normalized spacial score (nSPS) is 16.2. The van der Waals surface area contributed by atoms with E-state index < -0.39 is 24.2 Å². The standard InChI is InChI=1S/C37H48N4O5.C15H14N4O/c1-25(2)34(41-20-12-19-38-37(41)45)36(44)39-30(21-28-15-7-5-8-16-28)23-32(42)31(22-29-17-9-6-10-18-29)40-33(43)24-46-35-26(3)13-11-14-27(35)4;1-9-6-8-17-14-12(9)18-15(20)11-3-2-7-16-13(11)19(14)10-4-5-10/h5-11,13-18,25,30-32,34,42H,12,19-24H2,1-4H3,(H,38,45)(H,39,44)(H,40,43);2-3,6-8,10H,4-5H2,1H3,(H,18,20)/t30-,31-,32-,34-;/m0./s1. The van der Waals surface area contributed by atoms with E-state index in [9.17, 15) is 24.3 Å². The summed E-state index contributed by atoms with van der Waals surface area (Å²) in [6.07, 6.45) is 6.56. The van der Waals surface area contributed by atoms with Gasteiger partial charge in [0.25, 0.3) is 11.8 Å². The second-order valence-corrected chi connectivity index (χ2v) is 17.8. The highest BCUT2D eigenvalue weighted by molar-refractivity contribution is 6.12. The quantitative estimate of drug-likeness (QED) is 0.0700. The van der Waals surface area contributed by atoms with Crippen molar-refractivity contribution < 1.29 is 29.0 Å². The highest BCUT2D eigenvalue weighted by Crippen LogP contribution is 2.43. The zero-order valence-corrected chi connectivity index (χ0v) is 38.5. The summed E-state index contributed by atoms with van der Waals surface area (Å²) in [4.78, 5) is 64.8. The SMILES string of the molecule is Cc1cccc(C)c1OCC(=O)N[C@@H](Cc1ccccc1)[C@@H](O)C[C@H](Cc1ccccc1)NC(=O)[C@H](C(C)C)N1CCCNC1=O.Cc1ccnc2c1NC(=O)c1cccnc1N2C1CC1. The Morgan fingerprint density at radius 2 is 1.47 bits per heavy atom. The number of hydrogen-bond donors (Lipinski definition) is 5. The minimum absolute atomic E-state index is 0.117. The Hall–Kier alpha value is -6.80. The Balaban J connectivity index is 0.000000265. The third-order valence-electron chi connectivity index (χ3n) is 12.2. The van der Waals surface area contributed by atoms with E-state index in [0.29, 0.717) is 49.1 Å². The van der Waals surface area contributed by atoms with Crippen LogP contribution in [0.4, 0.5) is 22.1 Å². The Morgan fingerprint density at radius 1 is 0.803 bits per heavy atom. The molecule has 5 N–H and O–H groups in total. The van der Waals surface area contributed by atoms with Crippen LogP contribution >= 0.6 is 0 Å². The number of aliphatic hydroxyl groups is 1. The number of aromatic nitrogens is 2. The summed E-state index contributed by atoms with van der Waals surface area (Å²) in [7, 11) is 0. The van der Waals surface area contributed by atoms with Gasteiger partial charge in [-0.25, -0.2) is 14.8 Å². The maximum Gasteiger partial charge on any atom is 0.318 e. The first kappa shape index (κ1) is 47.2. The number of nitrogens with one attached hydrogen (secondary N) is 4. The van der Waals surface area contributed by atoms with Crippen LogP contribution in [0.15, 0.2) is 109 Å². The first-order chi connectivity index (χ1) is 31.9. The molecule has 14 nitrogen and oxygen atoms in total. The summed E-state index contributed by atoms with van der Waals surface area (Å²) in [5, 5.41) is 23.7. The number of ether oxygens (including phenoxy) is 1. The monoisotopic (exact) mass is 894 g/mol. The Kier molecular flexibility index (Phi) is 15.7. The van der Waals surface area contributed by atoms with E-state index in [1.807, 2.05) is 126 Å². The molecule has 0 spiro atoms. The average molecular weight is 895 g/mol. The summed E-state index contributed by atoms with van der Waals surface area (Å²) in [6, 6.07) is 29.2. The van der Waals surface area contributed by atoms with Crippen molar-refractivity contribution in [1.29, 1.82) is 0 Å². The third kappa shape index (κ3) is 11.9. The average Bonchev–Trinajstić information content (AvgIpc) is 4.15. The zero-order valence-electron chi connectivity index (χ0n) is 38.5. The van der Waals surface area contributed by atoms with Crippen molar-refractivity contribution in [2.45, 2.75) is 103 Å². The molecule has 14 heteroatoms. The molecule has 0 radical (unpaired) electrons. The fourth-order valence-corrected chi connectivity index (χ4v) is 8.72. The van der Waals surface area contributed by atoms with Crippen molar-refractivity contribution in [1.82, 2.24) is 30.8 Å². The maximum atomic E-state index is 13.8. The fourth-order valence-electron chi connectivity index (χ4n) is 8.72. The Bertz CT molecular complexity index is 2440. The van der Waals surface area contributed by atoms with Gasteiger partial charge in [0.05, 0.1) is 23.4 Å². The molecule has 4 heterocycles. The van der Waals surface area contributed by atoms with Crippen molar-refractivity contribution in [3.8, 4) is 5.75 Å². The molecule has 1 saturated heterocycles. The van der Waals surface area contributed by atoms with E-state index >= 15 is 0 Å². The van der Waals surface area contributed by atoms with Crippen LogP contribution in [0.3, 0.4) is 0 Å². The number of para-hydroxylation sites is 1. The third-order valence-corrected chi connectivity index (χ3v) is 12.2. The molecule has 5 aromatic rings. The lowest BCUT2D eigenvalue weighted by molar-refractivity contribution is -0.128. The highest BCUT2D eigenvalue weighted by Gasteiger charge is 2.38. The van der Waals surface area contributed by atoms with Gasteiger partial charge in [-0.15, -0.1) is 0 Å². The smallest absolute Gasteiger partial charge is 0.318 e. The number of benzene rings is 3. The van der Waals surface area contributed by atoms with Crippen LogP contribution in [-0.4, -0.2) is 93.7 Å². The van der Waals surface area contributed by atoms with Gasteiger partial charge < -0.3 is 40.9 Å². The molecule has 2 aromatic heterocycles. The van der Waals surface area contributed by atoms with E-state index in [1.165, 1.54) is 0 Å². The first-order valence-electron chi connectivity index (χ1n) is 23.0. The maximum absolute atomic E-state index is 13.8. The number of amides is 5. The number of nitrogens with zero attached hydrogens (tertiary/aromatic N) is 4. The van der Waals surface area contributed by atoms with Crippen LogP contribution < -0.4 is 30.9 Å². The Labute approximate surface area is 387 Å². The van der Waals surface area contributed by atoms with Gasteiger partial charge in [0.1, 0.15) is 17.6 Å². The van der Waals surface area contributed by atoms with Crippen LogP contribution in [0.2, 0.25) is 0 Å². The Morgan fingerprint density at radius 3 is 2.12 bits per heavy atom. The molecule has 1 saturated carbocycles. The van der Waals surface area contributed by atoms with E-state index in [1.54, 1.807) is 23.4 Å². The van der Waals surface area contributed by atoms with Gasteiger partial charge in [-0.1, -0.05) is 92.7 Å². The van der Waals surface area contributed by atoms with Crippen molar-refractivity contribution in [3.05, 3.63) is 143 Å². The number of pyridine rings is 2. The zero-order chi connectivity index (χ0) is 46.7. The molecule has 3 aliphatic rings. The molecule has 66 heavy (non-hydrogen) atoms. The van der Waals surface area contributed by atoms with Gasteiger partial charge in [0.15, 0.2) is 12.4 Å². The highest BCUT2D eigenvalue weighted by atomic mass is 16.5. The van der Waals surface area contributed by atoms with Crippen molar-refractivity contribution in [2.24, 2.45) is 5.92 Å². The number of anilines is 3. The van der Waals surface area contributed by atoms with Gasteiger partial charge in [-0.05, 0) is 111 Å². The minimum Gasteiger partial charge on any atom is -0.483 e. The molecule has 346 valence electrons. The van der Waals surface area contributed by atoms with Gasteiger partial charge in [-0.3, -0.25) is 14.4 Å². The number of aliphatic hydroxyl groups excluding tert-OH is 1. The van der Waals surface area contributed by atoms with Gasteiger partial charge in [0.2, 0.25) is 5.91 Å². The second-order valence-electron chi connectivity index (χ2n) is 17.8. The van der Waals surface area contributed by atoms with Crippen LogP contribution in [0.1, 0.15) is 77.7 Å². The van der Waals surface area contributed by atoms with E-state index in [0.717, 1.165) is 58.6 Å². The summed E-state index contributed by atoms with van der Waals surface area (Å²) >= 11 is 0. The lowest BCUT2D eigenvalue weighted by Gasteiger charge is -2.37. The largest absolute Gasteiger partial charge is 0.483 e. The summed E-state index contributed by atoms with van der Waals surface area (Å²) < 4.78 is 5.90. The molecule has 1 aliphatic carbocycles. The molecule has 5 amide bonds. The van der Waals surface area contributed by atoms with Gasteiger partial charge in [0, 0.05) is 37.6 Å². The van der Waals surface area contributed by atoms with Crippen molar-refractivity contribution in [3.63, 3.8) is 0 Å². The summed E-state index contributed by atoms with van der Waals surface area (Å²) in [5.74, 6) is 1.35. The van der Waals surface area contributed by atoms with Crippen LogP contribution in [0.25, 0.3) is 0 Å². The van der Waals surface area contributed by atoms with Gasteiger partial charge >= 0.3 is 6.03 Å². The van der Waals surface area contributed by atoms with E-state index in [4.69, 9.17) is 4.74 Å².